The molecule has 0 N–H and O–H groups in total. The first-order valence-electron chi connectivity index (χ1n) is 19.9. The summed E-state index contributed by atoms with van der Waals surface area (Å²) < 4.78 is 0. The van der Waals surface area contributed by atoms with Gasteiger partial charge in [0, 0.05) is 42.1 Å². The number of benzene rings is 4. The van der Waals surface area contributed by atoms with E-state index in [2.05, 4.69) is 137 Å². The quantitative estimate of drug-likeness (QED) is 0.0898. The van der Waals surface area contributed by atoms with Crippen LogP contribution in [0, 0.1) is 0 Å². The highest BCUT2D eigenvalue weighted by Gasteiger charge is 2.45. The number of carbonyl (C=O) groups excluding carboxylic acids is 1. The molecule has 4 aromatic carbocycles. The Kier molecular flexibility index (Phi) is 15.2. The second-order valence-corrected chi connectivity index (χ2v) is 16.5. The topological polar surface area (TPSA) is 41.8 Å². The molecular formula is C48H59ClN2OS. The number of alkyl halides is 1. The zero-order chi connectivity index (χ0) is 37.7. The Morgan fingerprint density at radius 2 is 1.02 bits per heavy atom. The van der Waals surface area contributed by atoms with Gasteiger partial charge in [0.05, 0.1) is 10.8 Å². The normalized spacial score (nSPS) is 22.2. The number of unbranched alkanes of at least 4 members (excludes halogenated alkanes) is 2. The third-order valence-corrected chi connectivity index (χ3v) is 12.2. The van der Waals surface area contributed by atoms with E-state index in [0.717, 1.165) is 75.8 Å². The van der Waals surface area contributed by atoms with E-state index in [1.165, 1.54) is 56.6 Å². The van der Waals surface area contributed by atoms with E-state index in [1.807, 2.05) is 0 Å². The molecule has 0 saturated carbocycles. The van der Waals surface area contributed by atoms with Crippen LogP contribution in [0.15, 0.2) is 119 Å². The van der Waals surface area contributed by atoms with Crippen LogP contribution >= 0.6 is 23.4 Å². The standard InChI is InChI=1S/C25H31NOS.C23H28ClN/c1-4-24-25(18-19(2)26-24,22-11-6-5-7-12-22)23-15-13-21(14-16-23)10-8-9-17-28-20(3)27;1-3-22-23(17-18(2)25-22,20-10-5-4-6-11-20)21-14-12-19(13-15-21)9-7-8-16-24/h5-7,11-16,19H,4,8-10,17-18H2,1-3H3;4-6,10-15,18H,3,7-9,16-17H2,1-2H3. The van der Waals surface area contributed by atoms with E-state index in [4.69, 9.17) is 21.6 Å². The number of thioether (sulfide) groups is 1. The van der Waals surface area contributed by atoms with Crippen LogP contribution in [0.4, 0.5) is 0 Å². The highest BCUT2D eigenvalue weighted by atomic mass is 35.5. The summed E-state index contributed by atoms with van der Waals surface area (Å²) in [7, 11) is 0. The molecule has 0 aliphatic carbocycles. The zero-order valence-corrected chi connectivity index (χ0v) is 34.2. The van der Waals surface area contributed by atoms with Crippen molar-refractivity contribution >= 4 is 39.9 Å². The Labute approximate surface area is 329 Å². The van der Waals surface area contributed by atoms with E-state index in [1.54, 1.807) is 6.92 Å². The minimum absolute atomic E-state index is 0.0654. The maximum atomic E-state index is 11.0. The molecule has 4 aromatic rings. The van der Waals surface area contributed by atoms with Gasteiger partial charge in [-0.1, -0.05) is 135 Å². The minimum atomic E-state index is -0.0912. The lowest BCUT2D eigenvalue weighted by atomic mass is 9.68. The summed E-state index contributed by atoms with van der Waals surface area (Å²) in [5.41, 5.74) is 10.7. The summed E-state index contributed by atoms with van der Waals surface area (Å²) in [6.45, 7) is 10.6. The van der Waals surface area contributed by atoms with Crippen LogP contribution in [-0.2, 0) is 28.5 Å². The van der Waals surface area contributed by atoms with Crippen molar-refractivity contribution in [2.45, 2.75) is 122 Å². The summed E-state index contributed by atoms with van der Waals surface area (Å²) in [4.78, 5) is 21.0. The number of rotatable bonds is 15. The molecular weight excluding hydrogens is 688 g/mol. The lowest BCUT2D eigenvalue weighted by Crippen LogP contribution is -2.34. The van der Waals surface area contributed by atoms with Gasteiger partial charge in [-0.3, -0.25) is 14.8 Å². The van der Waals surface area contributed by atoms with Crippen molar-refractivity contribution in [3.05, 3.63) is 143 Å². The molecule has 3 nitrogen and oxygen atoms in total. The molecule has 5 heteroatoms. The number of aliphatic imine (C=N–C) groups is 2. The average molecular weight is 748 g/mol. The highest BCUT2D eigenvalue weighted by Crippen LogP contribution is 2.45. The van der Waals surface area contributed by atoms with E-state index in [9.17, 15) is 4.79 Å². The first-order chi connectivity index (χ1) is 25.8. The van der Waals surface area contributed by atoms with Gasteiger partial charge in [-0.2, -0.15) is 0 Å². The number of nitrogens with zero attached hydrogens (tertiary/aromatic N) is 2. The predicted molar refractivity (Wildman–Crippen MR) is 231 cm³/mol. The molecule has 0 radical (unpaired) electrons. The number of aryl methyl sites for hydroxylation is 2. The second kappa shape index (κ2) is 19.7. The second-order valence-electron chi connectivity index (χ2n) is 14.8. The molecule has 4 atom stereocenters. The third kappa shape index (κ3) is 9.80. The Hall–Kier alpha value is -3.47. The van der Waals surface area contributed by atoms with E-state index >= 15 is 0 Å². The van der Waals surface area contributed by atoms with E-state index in [0.29, 0.717) is 12.1 Å². The van der Waals surface area contributed by atoms with E-state index < -0.39 is 0 Å². The number of carbonyl (C=O) groups is 1. The summed E-state index contributed by atoms with van der Waals surface area (Å²) >= 11 is 7.23. The monoisotopic (exact) mass is 746 g/mol. The molecule has 2 aliphatic heterocycles. The lowest BCUT2D eigenvalue weighted by molar-refractivity contribution is -0.109. The molecule has 4 unspecified atom stereocenters. The van der Waals surface area contributed by atoms with Gasteiger partial charge in [-0.05, 0) is 111 Å². The van der Waals surface area contributed by atoms with Gasteiger partial charge in [0.25, 0.3) is 0 Å². The van der Waals surface area contributed by atoms with Crippen LogP contribution in [0.1, 0.15) is 119 Å². The minimum Gasteiger partial charge on any atom is -0.290 e. The number of halogens is 1. The average Bonchev–Trinajstić information content (AvgIpc) is 3.73. The van der Waals surface area contributed by atoms with Gasteiger partial charge < -0.3 is 0 Å². The molecule has 0 bridgehead atoms. The van der Waals surface area contributed by atoms with Crippen molar-refractivity contribution in [3.63, 3.8) is 0 Å². The molecule has 0 saturated heterocycles. The third-order valence-electron chi connectivity index (χ3n) is 11.1. The van der Waals surface area contributed by atoms with Crippen molar-refractivity contribution in [3.8, 4) is 0 Å². The number of hydrogen-bond acceptors (Lipinski definition) is 4. The van der Waals surface area contributed by atoms with Crippen LogP contribution in [0.25, 0.3) is 0 Å². The number of hydrogen-bond donors (Lipinski definition) is 0. The first-order valence-corrected chi connectivity index (χ1v) is 21.4. The van der Waals surface area contributed by atoms with Crippen LogP contribution < -0.4 is 0 Å². The molecule has 6 rings (SSSR count). The van der Waals surface area contributed by atoms with Gasteiger partial charge in [-0.25, -0.2) is 0 Å². The van der Waals surface area contributed by atoms with Gasteiger partial charge in [0.15, 0.2) is 5.12 Å². The summed E-state index contributed by atoms with van der Waals surface area (Å²) in [5, 5.41) is 0.217. The lowest BCUT2D eigenvalue weighted by Gasteiger charge is -2.33. The van der Waals surface area contributed by atoms with Gasteiger partial charge in [0.1, 0.15) is 0 Å². The molecule has 2 heterocycles. The first kappa shape index (κ1) is 40.7. The van der Waals surface area contributed by atoms with Crippen LogP contribution in [0.2, 0.25) is 0 Å². The smallest absolute Gasteiger partial charge is 0.185 e. The zero-order valence-electron chi connectivity index (χ0n) is 32.6. The Balaban J connectivity index is 0.000000206. The molecule has 2 aliphatic rings. The van der Waals surface area contributed by atoms with Gasteiger partial charge >= 0.3 is 0 Å². The Morgan fingerprint density at radius 3 is 1.40 bits per heavy atom. The largest absolute Gasteiger partial charge is 0.290 e. The van der Waals surface area contributed by atoms with Crippen molar-refractivity contribution in [2.24, 2.45) is 9.98 Å². The predicted octanol–water partition coefficient (Wildman–Crippen LogP) is 12.4. The summed E-state index contributed by atoms with van der Waals surface area (Å²) in [6, 6.07) is 41.0. The van der Waals surface area contributed by atoms with Gasteiger partial charge in [-0.15, -0.1) is 11.6 Å². The summed E-state index contributed by atoms with van der Waals surface area (Å²) in [6.07, 6.45) is 10.7. The van der Waals surface area contributed by atoms with Crippen molar-refractivity contribution in [1.82, 2.24) is 0 Å². The van der Waals surface area contributed by atoms with Crippen molar-refractivity contribution < 1.29 is 4.79 Å². The van der Waals surface area contributed by atoms with Crippen LogP contribution in [-0.4, -0.2) is 40.3 Å². The fourth-order valence-electron chi connectivity index (χ4n) is 8.65. The maximum Gasteiger partial charge on any atom is 0.185 e. The summed E-state index contributed by atoms with van der Waals surface area (Å²) in [5.74, 6) is 1.68. The highest BCUT2D eigenvalue weighted by molar-refractivity contribution is 8.13. The molecule has 0 spiro atoms. The Morgan fingerprint density at radius 1 is 0.623 bits per heavy atom. The fourth-order valence-corrected chi connectivity index (χ4v) is 9.48. The van der Waals surface area contributed by atoms with Crippen molar-refractivity contribution in [1.29, 1.82) is 0 Å². The molecule has 53 heavy (non-hydrogen) atoms. The molecule has 0 aromatic heterocycles. The maximum absolute atomic E-state index is 11.0. The fraction of sp³-hybridized carbons (Fsp3) is 0.438. The SMILES string of the molecule is CCC1=NC(C)CC1(c1ccccc1)c1ccc(CCCCCl)cc1.CCC1=NC(C)CC1(c1ccccc1)c1ccc(CCCCSC(C)=O)cc1. The molecule has 0 amide bonds. The van der Waals surface area contributed by atoms with Crippen LogP contribution in [0.3, 0.4) is 0 Å². The molecule has 0 fully saturated rings. The van der Waals surface area contributed by atoms with Crippen LogP contribution in [0.5, 0.6) is 0 Å². The van der Waals surface area contributed by atoms with E-state index in [-0.39, 0.29) is 15.9 Å². The van der Waals surface area contributed by atoms with Crippen molar-refractivity contribution in [2.75, 3.05) is 11.6 Å². The molecule has 280 valence electrons. The Bertz CT molecular complexity index is 1790. The van der Waals surface area contributed by atoms with Gasteiger partial charge in [0.2, 0.25) is 0 Å².